The van der Waals surface area contributed by atoms with Crippen LogP contribution in [0.4, 0.5) is 5.82 Å². The van der Waals surface area contributed by atoms with E-state index in [4.69, 9.17) is 5.73 Å². The Balaban J connectivity index is 2.59. The van der Waals surface area contributed by atoms with Crippen LogP contribution in [0.5, 0.6) is 0 Å². The highest BCUT2D eigenvalue weighted by Gasteiger charge is 2.02. The van der Waals surface area contributed by atoms with E-state index in [9.17, 15) is 0 Å². The molecule has 0 saturated carbocycles. The van der Waals surface area contributed by atoms with Crippen LogP contribution in [-0.2, 0) is 6.42 Å². The van der Waals surface area contributed by atoms with Crippen molar-refractivity contribution in [3.63, 3.8) is 0 Å². The summed E-state index contributed by atoms with van der Waals surface area (Å²) in [5, 5.41) is 0.752. The number of unbranched alkanes of at least 4 members (excludes halogenated alkanes) is 2. The molecule has 14 heavy (non-hydrogen) atoms. The topological polar surface area (TPSA) is 51.8 Å². The number of anilines is 1. The lowest BCUT2D eigenvalue weighted by Gasteiger charge is -2.04. The molecule has 0 radical (unpaired) electrons. The first-order valence-electron chi connectivity index (χ1n) is 4.93. The molecule has 4 heteroatoms. The van der Waals surface area contributed by atoms with Crippen molar-refractivity contribution in [1.82, 2.24) is 9.97 Å². The van der Waals surface area contributed by atoms with Crippen LogP contribution >= 0.6 is 11.8 Å². The number of nitrogens with zero attached hydrogens (tertiary/aromatic N) is 2. The molecule has 0 unspecified atom stereocenters. The van der Waals surface area contributed by atoms with Crippen LogP contribution in [-0.4, -0.2) is 16.2 Å². The Morgan fingerprint density at radius 1 is 1.43 bits per heavy atom. The normalized spacial score (nSPS) is 10.4. The highest BCUT2D eigenvalue weighted by Crippen LogP contribution is 2.15. The van der Waals surface area contributed by atoms with E-state index < -0.39 is 0 Å². The molecule has 0 aliphatic carbocycles. The Morgan fingerprint density at radius 2 is 2.21 bits per heavy atom. The van der Waals surface area contributed by atoms with Gasteiger partial charge in [0.05, 0.1) is 0 Å². The van der Waals surface area contributed by atoms with Gasteiger partial charge in [0, 0.05) is 11.8 Å². The Morgan fingerprint density at radius 3 is 2.79 bits per heavy atom. The van der Waals surface area contributed by atoms with Crippen LogP contribution in [0.25, 0.3) is 0 Å². The molecule has 1 rings (SSSR count). The number of aromatic nitrogens is 2. The summed E-state index contributed by atoms with van der Waals surface area (Å²) in [5.74, 6) is 0.639. The third-order valence-corrected chi connectivity index (χ3v) is 2.67. The van der Waals surface area contributed by atoms with Crippen molar-refractivity contribution >= 4 is 17.6 Å². The van der Waals surface area contributed by atoms with Gasteiger partial charge in [-0.15, -0.1) is 0 Å². The minimum absolute atomic E-state index is 0.639. The fraction of sp³-hybridized carbons (Fsp3) is 0.600. The quantitative estimate of drug-likeness (QED) is 0.462. The van der Waals surface area contributed by atoms with Crippen molar-refractivity contribution in [3.8, 4) is 0 Å². The van der Waals surface area contributed by atoms with E-state index in [0.717, 1.165) is 17.1 Å². The molecule has 0 fully saturated rings. The molecule has 1 heterocycles. The average Bonchev–Trinajstić information content (AvgIpc) is 2.20. The van der Waals surface area contributed by atoms with Gasteiger partial charge in [0.2, 0.25) is 0 Å². The van der Waals surface area contributed by atoms with Crippen molar-refractivity contribution in [1.29, 1.82) is 0 Å². The standard InChI is InChI=1S/C10H17N3S/c1-3-4-5-6-8-7-12-10(14-2)13-9(8)11/h7H,3-6H2,1-2H3,(H2,11,12,13). The Labute approximate surface area is 89.5 Å². The molecular weight excluding hydrogens is 194 g/mol. The summed E-state index contributed by atoms with van der Waals surface area (Å²) in [6.45, 7) is 2.19. The van der Waals surface area contributed by atoms with Crippen molar-refractivity contribution < 1.29 is 0 Å². The highest BCUT2D eigenvalue weighted by atomic mass is 32.2. The summed E-state index contributed by atoms with van der Waals surface area (Å²) in [4.78, 5) is 8.41. The second kappa shape index (κ2) is 5.86. The van der Waals surface area contributed by atoms with Crippen LogP contribution in [0, 0.1) is 0 Å². The molecular formula is C10H17N3S. The van der Waals surface area contributed by atoms with Crippen LogP contribution < -0.4 is 5.73 Å². The molecule has 3 nitrogen and oxygen atoms in total. The highest BCUT2D eigenvalue weighted by molar-refractivity contribution is 7.98. The summed E-state index contributed by atoms with van der Waals surface area (Å²) >= 11 is 1.52. The third kappa shape index (κ3) is 3.18. The number of hydrogen-bond donors (Lipinski definition) is 1. The largest absolute Gasteiger partial charge is 0.383 e. The maximum absolute atomic E-state index is 5.81. The molecule has 0 aliphatic heterocycles. The summed E-state index contributed by atoms with van der Waals surface area (Å²) in [6.07, 6.45) is 8.43. The number of thioether (sulfide) groups is 1. The van der Waals surface area contributed by atoms with Gasteiger partial charge in [0.25, 0.3) is 0 Å². The maximum Gasteiger partial charge on any atom is 0.189 e. The second-order valence-corrected chi connectivity index (χ2v) is 4.00. The molecule has 0 saturated heterocycles. The van der Waals surface area contributed by atoms with E-state index in [2.05, 4.69) is 16.9 Å². The van der Waals surface area contributed by atoms with E-state index in [-0.39, 0.29) is 0 Å². The van der Waals surface area contributed by atoms with Crippen molar-refractivity contribution in [2.75, 3.05) is 12.0 Å². The first-order valence-corrected chi connectivity index (χ1v) is 6.15. The van der Waals surface area contributed by atoms with Gasteiger partial charge in [-0.25, -0.2) is 9.97 Å². The molecule has 0 aliphatic rings. The zero-order valence-corrected chi connectivity index (χ0v) is 9.60. The lowest BCUT2D eigenvalue weighted by atomic mass is 10.1. The lowest BCUT2D eigenvalue weighted by Crippen LogP contribution is -2.00. The monoisotopic (exact) mass is 211 g/mol. The molecule has 78 valence electrons. The summed E-state index contributed by atoms with van der Waals surface area (Å²) in [6, 6.07) is 0. The van der Waals surface area contributed by atoms with Gasteiger partial charge in [-0.1, -0.05) is 31.5 Å². The number of hydrogen-bond acceptors (Lipinski definition) is 4. The first-order chi connectivity index (χ1) is 6.77. The van der Waals surface area contributed by atoms with Gasteiger partial charge in [-0.3, -0.25) is 0 Å². The Hall–Kier alpha value is -0.770. The van der Waals surface area contributed by atoms with Crippen molar-refractivity contribution in [3.05, 3.63) is 11.8 Å². The Kier molecular flexibility index (Phi) is 4.73. The molecule has 0 amide bonds. The van der Waals surface area contributed by atoms with Crippen LogP contribution in [0.1, 0.15) is 31.7 Å². The maximum atomic E-state index is 5.81. The molecule has 0 aromatic carbocycles. The average molecular weight is 211 g/mol. The number of rotatable bonds is 5. The molecule has 1 aromatic heterocycles. The molecule has 0 atom stereocenters. The molecule has 2 N–H and O–H groups in total. The minimum atomic E-state index is 0.639. The fourth-order valence-corrected chi connectivity index (χ4v) is 1.61. The molecule has 1 aromatic rings. The van der Waals surface area contributed by atoms with Crippen molar-refractivity contribution in [2.45, 2.75) is 37.8 Å². The zero-order chi connectivity index (χ0) is 10.4. The van der Waals surface area contributed by atoms with E-state index in [0.29, 0.717) is 5.82 Å². The van der Waals surface area contributed by atoms with E-state index >= 15 is 0 Å². The van der Waals surface area contributed by atoms with Crippen LogP contribution in [0.2, 0.25) is 0 Å². The van der Waals surface area contributed by atoms with E-state index in [1.54, 1.807) is 0 Å². The summed E-state index contributed by atoms with van der Waals surface area (Å²) < 4.78 is 0. The second-order valence-electron chi connectivity index (χ2n) is 3.22. The molecule has 0 spiro atoms. The third-order valence-electron chi connectivity index (χ3n) is 2.11. The van der Waals surface area contributed by atoms with Gasteiger partial charge in [-0.05, 0) is 19.1 Å². The van der Waals surface area contributed by atoms with Crippen LogP contribution in [0.3, 0.4) is 0 Å². The summed E-state index contributed by atoms with van der Waals surface area (Å²) in [5.41, 5.74) is 6.89. The van der Waals surface area contributed by atoms with Gasteiger partial charge < -0.3 is 5.73 Å². The molecule has 0 bridgehead atoms. The zero-order valence-electron chi connectivity index (χ0n) is 8.79. The van der Waals surface area contributed by atoms with Crippen LogP contribution in [0.15, 0.2) is 11.4 Å². The smallest absolute Gasteiger partial charge is 0.189 e. The SMILES string of the molecule is CCCCCc1cnc(SC)nc1N. The lowest BCUT2D eigenvalue weighted by molar-refractivity contribution is 0.712. The van der Waals surface area contributed by atoms with Crippen molar-refractivity contribution in [2.24, 2.45) is 0 Å². The predicted octanol–water partition coefficient (Wildman–Crippen LogP) is 2.51. The number of aryl methyl sites for hydroxylation is 1. The van der Waals surface area contributed by atoms with Gasteiger partial charge in [0.1, 0.15) is 5.82 Å². The van der Waals surface area contributed by atoms with Gasteiger partial charge in [-0.2, -0.15) is 0 Å². The fourth-order valence-electron chi connectivity index (χ4n) is 1.26. The predicted molar refractivity (Wildman–Crippen MR) is 61.5 cm³/mol. The summed E-state index contributed by atoms with van der Waals surface area (Å²) in [7, 11) is 0. The minimum Gasteiger partial charge on any atom is -0.383 e. The Bertz CT molecular complexity index is 289. The first kappa shape index (κ1) is 11.3. The number of nitrogens with two attached hydrogens (primary N) is 1. The van der Waals surface area contributed by atoms with E-state index in [1.165, 1.54) is 31.0 Å². The van der Waals surface area contributed by atoms with E-state index in [1.807, 2.05) is 12.5 Å². The van der Waals surface area contributed by atoms with Gasteiger partial charge in [0.15, 0.2) is 5.16 Å². The van der Waals surface area contributed by atoms with Gasteiger partial charge >= 0.3 is 0 Å². The number of nitrogen functional groups attached to an aromatic ring is 1.